The SMILES string of the molecule is C=Cc1nc([C@@H]2CCCN2C(=O)[C@H](CCC)NC(=O)OC)[nH]c1/C=C(\C)c1ccc2cc(-c3cnc([C@@H]4CCCN4C(=O)[C@@H](NC(=O)OC)C4CC4)[nH]3)ccc2c1. The molecule has 2 aromatic heterocycles. The molecular weight excluding hydrogens is 725 g/mol. The lowest BCUT2D eigenvalue weighted by molar-refractivity contribution is -0.135. The summed E-state index contributed by atoms with van der Waals surface area (Å²) < 4.78 is 9.57. The topological polar surface area (TPSA) is 175 Å². The Balaban J connectivity index is 1.06. The number of aromatic amines is 2. The Bertz CT molecular complexity index is 2190. The van der Waals surface area contributed by atoms with Gasteiger partial charge in [-0.15, -0.1) is 0 Å². The molecular formula is C43H52N8O6. The highest BCUT2D eigenvalue weighted by Gasteiger charge is 2.43. The average molecular weight is 777 g/mol. The van der Waals surface area contributed by atoms with Crippen LogP contribution >= 0.6 is 0 Å². The van der Waals surface area contributed by atoms with Crippen molar-refractivity contribution in [1.29, 1.82) is 0 Å². The van der Waals surface area contributed by atoms with E-state index < -0.39 is 24.3 Å². The van der Waals surface area contributed by atoms with Gasteiger partial charge in [-0.25, -0.2) is 19.6 Å². The van der Waals surface area contributed by atoms with Crippen LogP contribution in [0, 0.1) is 5.92 Å². The first-order valence-corrected chi connectivity index (χ1v) is 19.9. The predicted molar refractivity (Wildman–Crippen MR) is 217 cm³/mol. The maximum absolute atomic E-state index is 13.6. The van der Waals surface area contributed by atoms with Gasteiger partial charge in [0.15, 0.2) is 0 Å². The highest BCUT2D eigenvalue weighted by molar-refractivity contribution is 5.92. The number of carbonyl (C=O) groups is 4. The van der Waals surface area contributed by atoms with Gasteiger partial charge < -0.3 is 39.9 Å². The Hall–Kier alpha value is -5.92. The number of methoxy groups -OCH3 is 2. The monoisotopic (exact) mass is 776 g/mol. The van der Waals surface area contributed by atoms with E-state index in [4.69, 9.17) is 19.4 Å². The van der Waals surface area contributed by atoms with Crippen molar-refractivity contribution in [2.75, 3.05) is 27.3 Å². The molecule has 1 saturated carbocycles. The molecule has 0 unspecified atom stereocenters. The van der Waals surface area contributed by atoms with E-state index in [9.17, 15) is 19.2 Å². The number of nitrogens with zero attached hydrogens (tertiary/aromatic N) is 4. The van der Waals surface area contributed by atoms with Crippen LogP contribution in [0.2, 0.25) is 0 Å². The van der Waals surface area contributed by atoms with Gasteiger partial charge in [-0.05, 0) is 104 Å². The Labute approximate surface area is 332 Å². The summed E-state index contributed by atoms with van der Waals surface area (Å²) in [6.07, 6.45) is 10.7. The molecule has 7 rings (SSSR count). The number of fused-ring (bicyclic) bond motifs is 1. The summed E-state index contributed by atoms with van der Waals surface area (Å²) >= 11 is 0. The molecule has 4 heterocycles. The lowest BCUT2D eigenvalue weighted by Gasteiger charge is -2.28. The van der Waals surface area contributed by atoms with Gasteiger partial charge >= 0.3 is 12.2 Å². The molecule has 4 atom stereocenters. The standard InChI is InChI=1S/C43H52N8O6/c1-6-10-32(48-42(54)56-4)40(52)50-19-9-12-36(50)39-45-31(7-2)33(46-39)21-25(3)27-15-16-29-23-30(18-17-28(29)22-27)34-24-44-38(47-34)35-11-8-20-51(35)41(53)37(26-13-14-26)49-43(55)57-5/h7,15-18,21-24,26,32,35-37H,2,6,8-14,19-20H2,1,3-5H3,(H,44,47)(H,45,46)(H,48,54)(H,49,55)/b25-21+/t32-,35-,36-,37-/m0/s1. The van der Waals surface area contributed by atoms with Crippen LogP contribution in [0.1, 0.15) is 106 Å². The van der Waals surface area contributed by atoms with Gasteiger partial charge in [-0.2, -0.15) is 0 Å². The maximum atomic E-state index is 13.6. The number of rotatable bonds is 13. The van der Waals surface area contributed by atoms with Crippen LogP contribution in [-0.2, 0) is 19.1 Å². The minimum absolute atomic E-state index is 0.0813. The van der Waals surface area contributed by atoms with Crippen molar-refractivity contribution in [2.24, 2.45) is 5.92 Å². The zero-order valence-corrected chi connectivity index (χ0v) is 33.1. The second kappa shape index (κ2) is 17.1. The lowest BCUT2D eigenvalue weighted by atomic mass is 9.99. The van der Waals surface area contributed by atoms with Gasteiger partial charge in [0.2, 0.25) is 11.8 Å². The molecule has 0 bridgehead atoms. The van der Waals surface area contributed by atoms with Gasteiger partial charge in [0.25, 0.3) is 0 Å². The number of hydrogen-bond acceptors (Lipinski definition) is 8. The molecule has 4 amide bonds. The van der Waals surface area contributed by atoms with Crippen molar-refractivity contribution in [3.8, 4) is 11.3 Å². The molecule has 1 aliphatic carbocycles. The minimum Gasteiger partial charge on any atom is -0.453 e. The average Bonchev–Trinajstić information content (AvgIpc) is 3.64. The Morgan fingerprint density at radius 2 is 1.56 bits per heavy atom. The maximum Gasteiger partial charge on any atom is 0.407 e. The highest BCUT2D eigenvalue weighted by Crippen LogP contribution is 2.38. The van der Waals surface area contributed by atoms with Crippen molar-refractivity contribution in [2.45, 2.75) is 89.4 Å². The summed E-state index contributed by atoms with van der Waals surface area (Å²) in [7, 11) is 2.60. The van der Waals surface area contributed by atoms with Crippen LogP contribution in [0.5, 0.6) is 0 Å². The number of alkyl carbamates (subject to hydrolysis) is 2. The zero-order valence-electron chi connectivity index (χ0n) is 33.1. The van der Waals surface area contributed by atoms with E-state index in [0.29, 0.717) is 31.0 Å². The van der Waals surface area contributed by atoms with Crippen LogP contribution in [-0.4, -0.2) is 93.1 Å². The summed E-state index contributed by atoms with van der Waals surface area (Å²) in [5.41, 5.74) is 5.46. The number of imidazole rings is 2. The third kappa shape index (κ3) is 8.45. The van der Waals surface area contributed by atoms with Crippen molar-refractivity contribution in [3.05, 3.63) is 77.8 Å². The second-order valence-electron chi connectivity index (χ2n) is 15.2. The number of amides is 4. The number of allylic oxidation sites excluding steroid dienone is 1. The first kappa shape index (κ1) is 39.3. The number of carbonyl (C=O) groups excluding carboxylic acids is 4. The quantitative estimate of drug-likeness (QED) is 0.111. The Kier molecular flexibility index (Phi) is 11.8. The number of H-pyrrole nitrogens is 2. The molecule has 0 radical (unpaired) electrons. The molecule has 57 heavy (non-hydrogen) atoms. The molecule has 14 nitrogen and oxygen atoms in total. The fourth-order valence-electron chi connectivity index (χ4n) is 8.21. The van der Waals surface area contributed by atoms with Crippen LogP contribution < -0.4 is 10.6 Å². The first-order chi connectivity index (χ1) is 27.6. The van der Waals surface area contributed by atoms with Crippen LogP contribution in [0.25, 0.3) is 39.8 Å². The summed E-state index contributed by atoms with van der Waals surface area (Å²) in [6.45, 7) is 9.24. The molecule has 14 heteroatoms. The summed E-state index contributed by atoms with van der Waals surface area (Å²) in [5.74, 6) is 1.36. The number of ether oxygens (including phenoxy) is 2. The molecule has 2 aromatic carbocycles. The van der Waals surface area contributed by atoms with Crippen LogP contribution in [0.3, 0.4) is 0 Å². The normalized spacial score (nSPS) is 19.3. The summed E-state index contributed by atoms with van der Waals surface area (Å²) in [4.78, 5) is 71.4. The van der Waals surface area contributed by atoms with E-state index in [1.54, 1.807) is 6.08 Å². The van der Waals surface area contributed by atoms with Gasteiger partial charge in [0.1, 0.15) is 23.7 Å². The number of benzene rings is 2. The second-order valence-corrected chi connectivity index (χ2v) is 15.2. The van der Waals surface area contributed by atoms with E-state index in [-0.39, 0.29) is 29.8 Å². The predicted octanol–water partition coefficient (Wildman–Crippen LogP) is 7.14. The molecule has 3 aliphatic rings. The summed E-state index contributed by atoms with van der Waals surface area (Å²) in [5, 5.41) is 7.62. The Morgan fingerprint density at radius 3 is 2.25 bits per heavy atom. The fraction of sp³-hybridized carbons (Fsp3) is 0.442. The van der Waals surface area contributed by atoms with E-state index >= 15 is 0 Å². The third-order valence-electron chi connectivity index (χ3n) is 11.4. The molecule has 4 N–H and O–H groups in total. The van der Waals surface area contributed by atoms with E-state index in [1.807, 2.05) is 22.9 Å². The first-order valence-electron chi connectivity index (χ1n) is 19.9. The van der Waals surface area contributed by atoms with Crippen molar-refractivity contribution in [1.82, 2.24) is 40.4 Å². The molecule has 0 spiro atoms. The smallest absolute Gasteiger partial charge is 0.407 e. The zero-order chi connectivity index (χ0) is 40.2. The van der Waals surface area contributed by atoms with Gasteiger partial charge in [-0.3, -0.25) is 9.59 Å². The lowest BCUT2D eigenvalue weighted by Crippen LogP contribution is -2.49. The fourth-order valence-corrected chi connectivity index (χ4v) is 8.21. The highest BCUT2D eigenvalue weighted by atomic mass is 16.5. The van der Waals surface area contributed by atoms with Gasteiger partial charge in [0, 0.05) is 18.7 Å². The molecule has 4 aromatic rings. The van der Waals surface area contributed by atoms with E-state index in [0.717, 1.165) is 89.6 Å². The minimum atomic E-state index is -0.664. The van der Waals surface area contributed by atoms with Gasteiger partial charge in [0.05, 0.1) is 49.6 Å². The largest absolute Gasteiger partial charge is 0.453 e. The summed E-state index contributed by atoms with van der Waals surface area (Å²) in [6, 6.07) is 11.0. The van der Waals surface area contributed by atoms with Crippen LogP contribution in [0.15, 0.2) is 49.2 Å². The number of nitrogens with one attached hydrogen (secondary N) is 4. The van der Waals surface area contributed by atoms with Crippen LogP contribution in [0.4, 0.5) is 9.59 Å². The Morgan fingerprint density at radius 1 is 0.895 bits per heavy atom. The number of likely N-dealkylation sites (tertiary alicyclic amines) is 2. The molecule has 2 saturated heterocycles. The number of hydrogen-bond donors (Lipinski definition) is 4. The van der Waals surface area contributed by atoms with Gasteiger partial charge in [-0.1, -0.05) is 44.2 Å². The van der Waals surface area contributed by atoms with E-state index in [1.165, 1.54) is 14.2 Å². The van der Waals surface area contributed by atoms with Crippen molar-refractivity contribution >= 4 is 52.5 Å². The third-order valence-corrected chi connectivity index (χ3v) is 11.4. The molecule has 3 fully saturated rings. The number of aromatic nitrogens is 4. The molecule has 300 valence electrons. The van der Waals surface area contributed by atoms with Crippen molar-refractivity contribution < 1.29 is 28.7 Å². The van der Waals surface area contributed by atoms with Crippen molar-refractivity contribution in [3.63, 3.8) is 0 Å². The van der Waals surface area contributed by atoms with E-state index in [2.05, 4.69) is 76.6 Å². The molecule has 2 aliphatic heterocycles.